The maximum atomic E-state index is 13.8. The Morgan fingerprint density at radius 2 is 2.19 bits per heavy atom. The molecule has 0 saturated heterocycles. The number of imidazole rings is 1. The van der Waals surface area contributed by atoms with Crippen LogP contribution in [0.25, 0.3) is 5.69 Å². The van der Waals surface area contributed by atoms with Gasteiger partial charge in [-0.15, -0.1) is 0 Å². The maximum absolute atomic E-state index is 13.8. The quantitative estimate of drug-likeness (QED) is 0.847. The summed E-state index contributed by atoms with van der Waals surface area (Å²) in [6.07, 6.45) is 3.30. The van der Waals surface area contributed by atoms with Gasteiger partial charge in [-0.2, -0.15) is 0 Å². The largest absolute Gasteiger partial charge is 0.494 e. The van der Waals surface area contributed by atoms with Crippen LogP contribution in [0, 0.1) is 12.7 Å². The summed E-state index contributed by atoms with van der Waals surface area (Å²) in [5.41, 5.74) is 1.19. The van der Waals surface area contributed by atoms with Crippen molar-refractivity contribution < 1.29 is 9.13 Å². The van der Waals surface area contributed by atoms with E-state index >= 15 is 0 Å². The van der Waals surface area contributed by atoms with E-state index in [-0.39, 0.29) is 5.82 Å². The standard InChI is InChI=1S/C11H10BrFN2O/c1-7-5-15(6-14-7)11-9(13)3-8(12)4-10(11)16-2/h3-6H,1-2H3. The summed E-state index contributed by atoms with van der Waals surface area (Å²) in [4.78, 5) is 4.06. The van der Waals surface area contributed by atoms with Crippen LogP contribution in [0.3, 0.4) is 0 Å². The third-order valence-corrected chi connectivity index (χ3v) is 2.64. The molecule has 2 rings (SSSR count). The molecule has 0 radical (unpaired) electrons. The highest BCUT2D eigenvalue weighted by Crippen LogP contribution is 2.29. The number of nitrogens with zero attached hydrogens (tertiary/aromatic N) is 2. The summed E-state index contributed by atoms with van der Waals surface area (Å²) in [6, 6.07) is 3.11. The van der Waals surface area contributed by atoms with Gasteiger partial charge in [0.25, 0.3) is 0 Å². The van der Waals surface area contributed by atoms with Crippen molar-refractivity contribution in [3.63, 3.8) is 0 Å². The first-order valence-corrected chi connectivity index (χ1v) is 5.45. The van der Waals surface area contributed by atoms with Gasteiger partial charge in [-0.05, 0) is 19.1 Å². The van der Waals surface area contributed by atoms with Gasteiger partial charge in [0.2, 0.25) is 0 Å². The second-order valence-electron chi connectivity index (χ2n) is 3.36. The third kappa shape index (κ3) is 1.95. The first-order valence-electron chi connectivity index (χ1n) is 4.66. The molecule has 0 unspecified atom stereocenters. The number of hydrogen-bond donors (Lipinski definition) is 0. The van der Waals surface area contributed by atoms with E-state index in [9.17, 15) is 4.39 Å². The molecule has 0 aliphatic heterocycles. The number of benzene rings is 1. The van der Waals surface area contributed by atoms with Crippen molar-refractivity contribution in [3.8, 4) is 11.4 Å². The van der Waals surface area contributed by atoms with E-state index in [2.05, 4.69) is 20.9 Å². The van der Waals surface area contributed by atoms with Crippen molar-refractivity contribution >= 4 is 15.9 Å². The Morgan fingerprint density at radius 3 is 2.75 bits per heavy atom. The zero-order valence-corrected chi connectivity index (χ0v) is 10.5. The molecule has 16 heavy (non-hydrogen) atoms. The van der Waals surface area contributed by atoms with Crippen LogP contribution in [0.1, 0.15) is 5.69 Å². The van der Waals surface area contributed by atoms with Crippen molar-refractivity contribution in [2.45, 2.75) is 6.92 Å². The van der Waals surface area contributed by atoms with Crippen LogP contribution >= 0.6 is 15.9 Å². The van der Waals surface area contributed by atoms with Gasteiger partial charge >= 0.3 is 0 Å². The molecule has 0 bridgehead atoms. The first kappa shape index (κ1) is 11.1. The molecule has 5 heteroatoms. The van der Waals surface area contributed by atoms with Gasteiger partial charge in [0.05, 0.1) is 19.1 Å². The highest BCUT2D eigenvalue weighted by molar-refractivity contribution is 9.10. The number of ether oxygens (including phenoxy) is 1. The average Bonchev–Trinajstić information content (AvgIpc) is 2.63. The van der Waals surface area contributed by atoms with Crippen LogP contribution in [-0.4, -0.2) is 16.7 Å². The molecule has 1 heterocycles. The fourth-order valence-corrected chi connectivity index (χ4v) is 1.90. The minimum Gasteiger partial charge on any atom is -0.494 e. The number of aryl methyl sites for hydroxylation is 1. The Labute approximate surface area is 101 Å². The molecule has 0 amide bonds. The van der Waals surface area contributed by atoms with E-state index in [0.717, 1.165) is 5.69 Å². The van der Waals surface area contributed by atoms with E-state index in [1.807, 2.05) is 6.92 Å². The second-order valence-corrected chi connectivity index (χ2v) is 4.28. The van der Waals surface area contributed by atoms with Crippen molar-refractivity contribution in [2.24, 2.45) is 0 Å². The zero-order chi connectivity index (χ0) is 11.7. The number of halogens is 2. The molecule has 1 aromatic heterocycles. The van der Waals surface area contributed by atoms with Gasteiger partial charge in [0, 0.05) is 10.7 Å². The van der Waals surface area contributed by atoms with E-state index in [0.29, 0.717) is 15.9 Å². The maximum Gasteiger partial charge on any atom is 0.152 e. The number of aromatic nitrogens is 2. The predicted octanol–water partition coefficient (Wildman–Crippen LogP) is 3.09. The van der Waals surface area contributed by atoms with Crippen LogP contribution in [0.5, 0.6) is 5.75 Å². The summed E-state index contributed by atoms with van der Waals surface area (Å²) >= 11 is 3.22. The Morgan fingerprint density at radius 1 is 1.44 bits per heavy atom. The summed E-state index contributed by atoms with van der Waals surface area (Å²) in [7, 11) is 1.51. The van der Waals surface area contributed by atoms with Gasteiger partial charge in [0.1, 0.15) is 11.4 Å². The lowest BCUT2D eigenvalue weighted by Crippen LogP contribution is -1.99. The summed E-state index contributed by atoms with van der Waals surface area (Å²) in [5.74, 6) is 0.105. The van der Waals surface area contributed by atoms with E-state index in [1.54, 1.807) is 23.2 Å². The van der Waals surface area contributed by atoms with E-state index in [4.69, 9.17) is 4.74 Å². The summed E-state index contributed by atoms with van der Waals surface area (Å²) < 4.78 is 21.2. The van der Waals surface area contributed by atoms with Gasteiger partial charge in [-0.25, -0.2) is 9.37 Å². The van der Waals surface area contributed by atoms with Crippen molar-refractivity contribution in [1.82, 2.24) is 9.55 Å². The lowest BCUT2D eigenvalue weighted by Gasteiger charge is -2.10. The lowest BCUT2D eigenvalue weighted by atomic mass is 10.2. The molecule has 0 aliphatic carbocycles. The topological polar surface area (TPSA) is 27.1 Å². The number of hydrogen-bond acceptors (Lipinski definition) is 2. The smallest absolute Gasteiger partial charge is 0.152 e. The van der Waals surface area contributed by atoms with Gasteiger partial charge in [0.15, 0.2) is 5.82 Å². The lowest BCUT2D eigenvalue weighted by molar-refractivity contribution is 0.408. The molecule has 3 nitrogen and oxygen atoms in total. The van der Waals surface area contributed by atoms with Crippen molar-refractivity contribution in [3.05, 3.63) is 40.6 Å². The van der Waals surface area contributed by atoms with Gasteiger partial charge < -0.3 is 9.30 Å². The van der Waals surface area contributed by atoms with Crippen LogP contribution in [-0.2, 0) is 0 Å². The monoisotopic (exact) mass is 284 g/mol. The van der Waals surface area contributed by atoms with Crippen molar-refractivity contribution in [2.75, 3.05) is 7.11 Å². The summed E-state index contributed by atoms with van der Waals surface area (Å²) in [5, 5.41) is 0. The molecular weight excluding hydrogens is 275 g/mol. The normalized spacial score (nSPS) is 10.5. The van der Waals surface area contributed by atoms with E-state index in [1.165, 1.54) is 13.2 Å². The molecule has 2 aromatic rings. The molecule has 84 valence electrons. The van der Waals surface area contributed by atoms with Crippen LogP contribution in [0.4, 0.5) is 4.39 Å². The molecule has 1 aromatic carbocycles. The Balaban J connectivity index is 2.63. The Kier molecular flexibility index (Phi) is 2.96. The van der Waals surface area contributed by atoms with Crippen LogP contribution in [0.2, 0.25) is 0 Å². The number of rotatable bonds is 2. The van der Waals surface area contributed by atoms with Crippen LogP contribution < -0.4 is 4.74 Å². The molecule has 0 aliphatic rings. The zero-order valence-electron chi connectivity index (χ0n) is 8.87. The molecule has 0 fully saturated rings. The second kappa shape index (κ2) is 4.25. The Hall–Kier alpha value is -1.36. The fourth-order valence-electron chi connectivity index (χ4n) is 1.49. The predicted molar refractivity (Wildman–Crippen MR) is 62.5 cm³/mol. The third-order valence-electron chi connectivity index (χ3n) is 2.18. The average molecular weight is 285 g/mol. The highest BCUT2D eigenvalue weighted by Gasteiger charge is 2.13. The Bertz CT molecular complexity index is 525. The SMILES string of the molecule is COc1cc(Br)cc(F)c1-n1cnc(C)c1. The molecule has 0 spiro atoms. The molecule has 0 saturated carbocycles. The molecule has 0 atom stereocenters. The summed E-state index contributed by atoms with van der Waals surface area (Å²) in [6.45, 7) is 1.85. The first-order chi connectivity index (χ1) is 7.61. The number of methoxy groups -OCH3 is 1. The molecular formula is C11H10BrFN2O. The minimum absolute atomic E-state index is 0.358. The van der Waals surface area contributed by atoms with Crippen molar-refractivity contribution in [1.29, 1.82) is 0 Å². The highest BCUT2D eigenvalue weighted by atomic mass is 79.9. The van der Waals surface area contributed by atoms with Gasteiger partial charge in [-0.1, -0.05) is 15.9 Å². The fraction of sp³-hybridized carbons (Fsp3) is 0.182. The van der Waals surface area contributed by atoms with E-state index < -0.39 is 0 Å². The van der Waals surface area contributed by atoms with Crippen LogP contribution in [0.15, 0.2) is 29.1 Å². The van der Waals surface area contributed by atoms with Gasteiger partial charge in [-0.3, -0.25) is 0 Å². The minimum atomic E-state index is -0.358. The molecule has 0 N–H and O–H groups in total.